The van der Waals surface area contributed by atoms with E-state index in [9.17, 15) is 5.11 Å². The molecule has 0 fully saturated rings. The Morgan fingerprint density at radius 3 is 2.35 bits per heavy atom. The highest BCUT2D eigenvalue weighted by Crippen LogP contribution is 2.26. The molecule has 0 aliphatic rings. The molecule has 1 rings (SSSR count). The molecule has 1 unspecified atom stereocenters. The maximum atomic E-state index is 10.1. The number of unbranched alkanes of at least 4 members (excludes halogenated alkanes) is 1. The van der Waals surface area contributed by atoms with Crippen molar-refractivity contribution in [3.63, 3.8) is 0 Å². The summed E-state index contributed by atoms with van der Waals surface area (Å²) in [6.07, 6.45) is 4.59. The molecule has 0 spiro atoms. The fraction of sp³-hybridized carbons (Fsp3) is 0.786. The number of nitrogens with zero attached hydrogens (tertiary/aromatic N) is 2. The Labute approximate surface area is 105 Å². The normalized spacial score (nSPS) is 13.0. The molecule has 1 N–H and O–H groups in total. The van der Waals surface area contributed by atoms with Crippen LogP contribution >= 0.6 is 0 Å². The van der Waals surface area contributed by atoms with Crippen LogP contribution in [0.3, 0.4) is 0 Å². The Kier molecular flexibility index (Phi) is 5.69. The van der Waals surface area contributed by atoms with E-state index < -0.39 is 0 Å². The third kappa shape index (κ3) is 3.09. The lowest BCUT2D eigenvalue weighted by molar-refractivity contribution is 0.171. The minimum Gasteiger partial charge on any atom is -0.388 e. The molecular weight excluding hydrogens is 212 g/mol. The van der Waals surface area contributed by atoms with Crippen LogP contribution in [0.25, 0.3) is 0 Å². The highest BCUT2D eigenvalue weighted by atomic mass is 16.3. The lowest BCUT2D eigenvalue weighted by Crippen LogP contribution is -2.07. The number of hydrogen-bond donors (Lipinski definition) is 1. The highest BCUT2D eigenvalue weighted by Gasteiger charge is 2.20. The average Bonchev–Trinajstić information content (AvgIpc) is 2.72. The monoisotopic (exact) mass is 238 g/mol. The van der Waals surface area contributed by atoms with Crippen LogP contribution < -0.4 is 0 Å². The third-order valence-electron chi connectivity index (χ3n) is 3.29. The molecule has 1 aromatic heterocycles. The quantitative estimate of drug-likeness (QED) is 0.792. The summed E-state index contributed by atoms with van der Waals surface area (Å²) in [4.78, 5) is 0. The van der Waals surface area contributed by atoms with Crippen molar-refractivity contribution < 1.29 is 5.11 Å². The fourth-order valence-corrected chi connectivity index (χ4v) is 2.28. The van der Waals surface area contributed by atoms with Crippen LogP contribution in [0.2, 0.25) is 0 Å². The first-order valence-electron chi connectivity index (χ1n) is 6.95. The van der Waals surface area contributed by atoms with Gasteiger partial charge >= 0.3 is 0 Å². The number of aliphatic hydroxyl groups is 1. The van der Waals surface area contributed by atoms with Crippen molar-refractivity contribution in [1.29, 1.82) is 0 Å². The molecule has 0 saturated heterocycles. The van der Waals surface area contributed by atoms with Crippen molar-refractivity contribution >= 4 is 0 Å². The Morgan fingerprint density at radius 1 is 1.18 bits per heavy atom. The summed E-state index contributed by atoms with van der Waals surface area (Å²) in [7, 11) is 0. The number of hydrogen-bond acceptors (Lipinski definition) is 2. The van der Waals surface area contributed by atoms with Crippen LogP contribution in [0.1, 0.15) is 70.0 Å². The Hall–Kier alpha value is -0.830. The largest absolute Gasteiger partial charge is 0.388 e. The predicted octanol–water partition coefficient (Wildman–Crippen LogP) is 3.25. The molecule has 1 aromatic rings. The summed E-state index contributed by atoms with van der Waals surface area (Å²) < 4.78 is 2.11. The van der Waals surface area contributed by atoms with Gasteiger partial charge in [-0.3, -0.25) is 4.68 Å². The topological polar surface area (TPSA) is 38.0 Å². The summed E-state index contributed by atoms with van der Waals surface area (Å²) in [5.41, 5.74) is 3.39. The van der Waals surface area contributed by atoms with Crippen LogP contribution in [-0.2, 0) is 19.4 Å². The van der Waals surface area contributed by atoms with Crippen LogP contribution in [0, 0.1) is 0 Å². The van der Waals surface area contributed by atoms with Gasteiger partial charge in [-0.15, -0.1) is 0 Å². The molecule has 0 aliphatic heterocycles. The van der Waals surface area contributed by atoms with Gasteiger partial charge in [0.2, 0.25) is 0 Å². The standard InChI is InChI=1S/C14H26N2O/c1-5-9-10-16-12(7-3)14(13(17)8-4)11(6-2)15-16/h13,17H,5-10H2,1-4H3. The van der Waals surface area contributed by atoms with E-state index in [1.807, 2.05) is 6.92 Å². The van der Waals surface area contributed by atoms with E-state index in [0.717, 1.165) is 43.5 Å². The second-order valence-corrected chi connectivity index (χ2v) is 4.51. The zero-order valence-electron chi connectivity index (χ0n) is 11.7. The van der Waals surface area contributed by atoms with Gasteiger partial charge < -0.3 is 5.11 Å². The van der Waals surface area contributed by atoms with Gasteiger partial charge in [0.25, 0.3) is 0 Å². The number of aliphatic hydroxyl groups excluding tert-OH is 1. The van der Waals surface area contributed by atoms with E-state index in [0.29, 0.717) is 0 Å². The molecule has 98 valence electrons. The van der Waals surface area contributed by atoms with E-state index in [4.69, 9.17) is 0 Å². The van der Waals surface area contributed by atoms with Crippen molar-refractivity contribution in [2.75, 3.05) is 0 Å². The van der Waals surface area contributed by atoms with Gasteiger partial charge in [0, 0.05) is 17.8 Å². The van der Waals surface area contributed by atoms with Gasteiger partial charge in [-0.05, 0) is 25.7 Å². The van der Waals surface area contributed by atoms with Crippen molar-refractivity contribution in [2.45, 2.75) is 72.4 Å². The van der Waals surface area contributed by atoms with Crippen molar-refractivity contribution in [1.82, 2.24) is 9.78 Å². The molecular formula is C14H26N2O. The van der Waals surface area contributed by atoms with Gasteiger partial charge in [-0.25, -0.2) is 0 Å². The number of aromatic nitrogens is 2. The summed E-state index contributed by atoms with van der Waals surface area (Å²) in [5, 5.41) is 14.8. The molecule has 0 amide bonds. The van der Waals surface area contributed by atoms with E-state index in [2.05, 4.69) is 30.6 Å². The number of aryl methyl sites for hydroxylation is 2. The van der Waals surface area contributed by atoms with Crippen LogP contribution in [-0.4, -0.2) is 14.9 Å². The molecule has 1 atom stereocenters. The van der Waals surface area contributed by atoms with Crippen LogP contribution in [0.4, 0.5) is 0 Å². The highest BCUT2D eigenvalue weighted by molar-refractivity contribution is 5.29. The van der Waals surface area contributed by atoms with Gasteiger partial charge in [0.1, 0.15) is 0 Å². The number of rotatable bonds is 7. The first kappa shape index (κ1) is 14.2. The fourth-order valence-electron chi connectivity index (χ4n) is 2.28. The van der Waals surface area contributed by atoms with E-state index >= 15 is 0 Å². The predicted molar refractivity (Wildman–Crippen MR) is 71.1 cm³/mol. The molecule has 0 saturated carbocycles. The molecule has 0 aromatic carbocycles. The van der Waals surface area contributed by atoms with Crippen molar-refractivity contribution in [2.24, 2.45) is 0 Å². The summed E-state index contributed by atoms with van der Waals surface area (Å²) >= 11 is 0. The first-order valence-corrected chi connectivity index (χ1v) is 6.95. The summed E-state index contributed by atoms with van der Waals surface area (Å²) in [6, 6.07) is 0. The van der Waals surface area contributed by atoms with Gasteiger partial charge in [0.15, 0.2) is 0 Å². The molecule has 17 heavy (non-hydrogen) atoms. The molecule has 1 heterocycles. The minimum absolute atomic E-state index is 0.352. The van der Waals surface area contributed by atoms with E-state index in [-0.39, 0.29) is 6.10 Å². The lowest BCUT2D eigenvalue weighted by atomic mass is 10.0. The Balaban J connectivity index is 3.11. The molecule has 3 heteroatoms. The van der Waals surface area contributed by atoms with Crippen molar-refractivity contribution in [3.8, 4) is 0 Å². The zero-order valence-corrected chi connectivity index (χ0v) is 11.7. The second kappa shape index (κ2) is 6.80. The average molecular weight is 238 g/mol. The maximum Gasteiger partial charge on any atom is 0.0823 e. The summed E-state index contributed by atoms with van der Waals surface area (Å²) in [5.74, 6) is 0. The molecule has 0 aliphatic carbocycles. The molecule has 0 bridgehead atoms. The van der Waals surface area contributed by atoms with Crippen LogP contribution in [0.15, 0.2) is 0 Å². The molecule has 3 nitrogen and oxygen atoms in total. The van der Waals surface area contributed by atoms with Gasteiger partial charge in [-0.2, -0.15) is 5.10 Å². The smallest absolute Gasteiger partial charge is 0.0823 e. The SMILES string of the molecule is CCCCn1nc(CC)c(C(O)CC)c1CC. The van der Waals surface area contributed by atoms with Crippen LogP contribution in [0.5, 0.6) is 0 Å². The summed E-state index contributed by atoms with van der Waals surface area (Å²) in [6.45, 7) is 9.44. The maximum absolute atomic E-state index is 10.1. The lowest BCUT2D eigenvalue weighted by Gasteiger charge is -2.11. The van der Waals surface area contributed by atoms with Crippen molar-refractivity contribution in [3.05, 3.63) is 17.0 Å². The molecule has 0 radical (unpaired) electrons. The second-order valence-electron chi connectivity index (χ2n) is 4.51. The zero-order chi connectivity index (χ0) is 12.8. The van der Waals surface area contributed by atoms with E-state index in [1.165, 1.54) is 12.1 Å². The van der Waals surface area contributed by atoms with Gasteiger partial charge in [0.05, 0.1) is 11.8 Å². The Bertz CT molecular complexity index is 344. The first-order chi connectivity index (χ1) is 8.19. The van der Waals surface area contributed by atoms with Gasteiger partial charge in [-0.1, -0.05) is 34.1 Å². The van der Waals surface area contributed by atoms with E-state index in [1.54, 1.807) is 0 Å². The minimum atomic E-state index is -0.352. The third-order valence-corrected chi connectivity index (χ3v) is 3.29. The Morgan fingerprint density at radius 2 is 1.88 bits per heavy atom.